The van der Waals surface area contributed by atoms with Crippen LogP contribution in [0.4, 0.5) is 0 Å². The fourth-order valence-electron chi connectivity index (χ4n) is 2.89. The second-order valence-corrected chi connectivity index (χ2v) is 6.24. The Hall–Kier alpha value is -0.120. The minimum atomic E-state index is -0.144. The van der Waals surface area contributed by atoms with E-state index in [4.69, 9.17) is 9.47 Å². The molecule has 0 aliphatic carbocycles. The summed E-state index contributed by atoms with van der Waals surface area (Å²) in [5.74, 6) is 0. The zero-order valence-corrected chi connectivity index (χ0v) is 11.0. The van der Waals surface area contributed by atoms with Gasteiger partial charge >= 0.3 is 0 Å². The summed E-state index contributed by atoms with van der Waals surface area (Å²) in [6.07, 6.45) is 3.93. The van der Waals surface area contributed by atoms with E-state index >= 15 is 0 Å². The van der Waals surface area contributed by atoms with Crippen LogP contribution in [0.1, 0.15) is 47.0 Å². The van der Waals surface area contributed by atoms with Gasteiger partial charge in [0, 0.05) is 6.42 Å². The molecule has 2 saturated heterocycles. The minimum absolute atomic E-state index is 0.0406. The van der Waals surface area contributed by atoms with E-state index in [2.05, 4.69) is 33.0 Å². The van der Waals surface area contributed by atoms with Crippen molar-refractivity contribution in [1.29, 1.82) is 0 Å². The summed E-state index contributed by atoms with van der Waals surface area (Å²) in [4.78, 5) is 0. The Morgan fingerprint density at radius 1 is 1.12 bits per heavy atom. The van der Waals surface area contributed by atoms with Crippen LogP contribution in [0.5, 0.6) is 0 Å². The van der Waals surface area contributed by atoms with Gasteiger partial charge in [0.25, 0.3) is 0 Å². The second-order valence-electron chi connectivity index (χ2n) is 6.24. The van der Waals surface area contributed by atoms with Gasteiger partial charge in [-0.15, -0.1) is 0 Å². The molecule has 3 nitrogen and oxygen atoms in total. The molecule has 16 heavy (non-hydrogen) atoms. The zero-order valence-electron chi connectivity index (χ0n) is 11.0. The van der Waals surface area contributed by atoms with E-state index in [0.717, 1.165) is 32.4 Å². The maximum Gasteiger partial charge on any atom is 0.0895 e. The van der Waals surface area contributed by atoms with Crippen molar-refractivity contribution in [3.8, 4) is 0 Å². The van der Waals surface area contributed by atoms with Crippen molar-refractivity contribution in [3.63, 3.8) is 0 Å². The topological polar surface area (TPSA) is 30.5 Å². The lowest BCUT2D eigenvalue weighted by Crippen LogP contribution is -2.40. The Morgan fingerprint density at radius 3 is 2.25 bits per heavy atom. The van der Waals surface area contributed by atoms with Gasteiger partial charge < -0.3 is 14.8 Å². The highest BCUT2D eigenvalue weighted by atomic mass is 16.6. The maximum absolute atomic E-state index is 6.24. The van der Waals surface area contributed by atoms with Crippen LogP contribution in [0, 0.1) is 0 Å². The van der Waals surface area contributed by atoms with Crippen molar-refractivity contribution in [1.82, 2.24) is 5.32 Å². The van der Waals surface area contributed by atoms with Gasteiger partial charge in [0.15, 0.2) is 0 Å². The molecule has 1 N–H and O–H groups in total. The van der Waals surface area contributed by atoms with E-state index < -0.39 is 0 Å². The zero-order chi connectivity index (χ0) is 11.8. The average molecular weight is 227 g/mol. The lowest BCUT2D eigenvalue weighted by atomic mass is 9.96. The SMILES string of the molecule is CC1(C)CC(OC2CCNCC2)C(C)(C)O1. The molecule has 0 spiro atoms. The van der Waals surface area contributed by atoms with Crippen LogP contribution in [0.15, 0.2) is 0 Å². The highest BCUT2D eigenvalue weighted by Crippen LogP contribution is 2.40. The molecular formula is C13H25NO2. The van der Waals surface area contributed by atoms with Gasteiger partial charge in [-0.05, 0) is 53.6 Å². The number of ether oxygens (including phenoxy) is 2. The van der Waals surface area contributed by atoms with Crippen molar-refractivity contribution in [2.75, 3.05) is 13.1 Å². The van der Waals surface area contributed by atoms with Crippen LogP contribution in [0.2, 0.25) is 0 Å². The molecule has 2 rings (SSSR count). The van der Waals surface area contributed by atoms with Gasteiger partial charge in [-0.1, -0.05) is 0 Å². The molecule has 0 aromatic heterocycles. The molecule has 2 heterocycles. The van der Waals surface area contributed by atoms with Gasteiger partial charge in [-0.2, -0.15) is 0 Å². The van der Waals surface area contributed by atoms with Crippen LogP contribution in [-0.4, -0.2) is 36.5 Å². The summed E-state index contributed by atoms with van der Waals surface area (Å²) < 4.78 is 12.3. The third kappa shape index (κ3) is 2.76. The number of nitrogens with one attached hydrogen (secondary N) is 1. The van der Waals surface area contributed by atoms with Gasteiger partial charge in [-0.3, -0.25) is 0 Å². The first-order valence-corrected chi connectivity index (χ1v) is 6.45. The monoisotopic (exact) mass is 227 g/mol. The molecule has 1 unspecified atom stereocenters. The predicted octanol–water partition coefficient (Wildman–Crippen LogP) is 2.10. The van der Waals surface area contributed by atoms with Crippen molar-refractivity contribution in [3.05, 3.63) is 0 Å². The first-order chi connectivity index (χ1) is 7.39. The normalized spacial score (nSPS) is 34.1. The molecule has 2 aliphatic rings. The first-order valence-electron chi connectivity index (χ1n) is 6.45. The number of rotatable bonds is 2. The van der Waals surface area contributed by atoms with E-state index in [1.165, 1.54) is 0 Å². The lowest BCUT2D eigenvalue weighted by molar-refractivity contribution is -0.122. The summed E-state index contributed by atoms with van der Waals surface area (Å²) in [5.41, 5.74) is -0.185. The Labute approximate surface area is 98.9 Å². The lowest BCUT2D eigenvalue weighted by Gasteiger charge is -2.32. The van der Waals surface area contributed by atoms with Gasteiger partial charge in [0.1, 0.15) is 0 Å². The molecule has 0 radical (unpaired) electrons. The second kappa shape index (κ2) is 4.28. The predicted molar refractivity (Wildman–Crippen MR) is 64.6 cm³/mol. The van der Waals surface area contributed by atoms with Crippen molar-refractivity contribution >= 4 is 0 Å². The van der Waals surface area contributed by atoms with Gasteiger partial charge in [0.2, 0.25) is 0 Å². The Morgan fingerprint density at radius 2 is 1.75 bits per heavy atom. The third-order valence-corrected chi connectivity index (χ3v) is 3.63. The number of hydrogen-bond donors (Lipinski definition) is 1. The molecule has 0 amide bonds. The van der Waals surface area contributed by atoms with Crippen LogP contribution in [0.3, 0.4) is 0 Å². The Bertz CT molecular complexity index is 244. The molecule has 0 aromatic rings. The standard InChI is InChI=1S/C13H25NO2/c1-12(2)9-11(13(3,4)16-12)15-10-5-7-14-8-6-10/h10-11,14H,5-9H2,1-4H3. The third-order valence-electron chi connectivity index (χ3n) is 3.63. The quantitative estimate of drug-likeness (QED) is 0.783. The molecule has 2 fully saturated rings. The van der Waals surface area contributed by atoms with Crippen molar-refractivity contribution < 1.29 is 9.47 Å². The summed E-state index contributed by atoms with van der Waals surface area (Å²) in [6, 6.07) is 0. The Kier molecular flexibility index (Phi) is 3.30. The molecule has 2 aliphatic heterocycles. The van der Waals surface area contributed by atoms with Crippen LogP contribution < -0.4 is 5.32 Å². The molecule has 3 heteroatoms. The van der Waals surface area contributed by atoms with E-state index in [1.807, 2.05) is 0 Å². The van der Waals surface area contributed by atoms with Crippen LogP contribution in [-0.2, 0) is 9.47 Å². The molecular weight excluding hydrogens is 202 g/mol. The Balaban J connectivity index is 1.93. The van der Waals surface area contributed by atoms with Gasteiger partial charge in [0.05, 0.1) is 23.4 Å². The van der Waals surface area contributed by atoms with E-state index in [0.29, 0.717) is 6.10 Å². The smallest absolute Gasteiger partial charge is 0.0895 e. The van der Waals surface area contributed by atoms with Crippen molar-refractivity contribution in [2.45, 2.75) is 70.4 Å². The van der Waals surface area contributed by atoms with E-state index in [1.54, 1.807) is 0 Å². The summed E-state index contributed by atoms with van der Waals surface area (Å²) in [6.45, 7) is 10.8. The van der Waals surface area contributed by atoms with Gasteiger partial charge in [-0.25, -0.2) is 0 Å². The maximum atomic E-state index is 6.24. The molecule has 1 atom stereocenters. The first kappa shape index (κ1) is 12.3. The molecule has 0 saturated carbocycles. The van der Waals surface area contributed by atoms with Crippen LogP contribution >= 0.6 is 0 Å². The largest absolute Gasteiger partial charge is 0.372 e. The number of piperidine rings is 1. The number of hydrogen-bond acceptors (Lipinski definition) is 3. The fraction of sp³-hybridized carbons (Fsp3) is 1.00. The van der Waals surface area contributed by atoms with Crippen LogP contribution in [0.25, 0.3) is 0 Å². The minimum Gasteiger partial charge on any atom is -0.372 e. The molecule has 0 aromatic carbocycles. The van der Waals surface area contributed by atoms with E-state index in [9.17, 15) is 0 Å². The highest BCUT2D eigenvalue weighted by Gasteiger charge is 2.47. The molecule has 0 bridgehead atoms. The summed E-state index contributed by atoms with van der Waals surface area (Å²) >= 11 is 0. The van der Waals surface area contributed by atoms with Crippen molar-refractivity contribution in [2.24, 2.45) is 0 Å². The summed E-state index contributed by atoms with van der Waals surface area (Å²) in [7, 11) is 0. The summed E-state index contributed by atoms with van der Waals surface area (Å²) in [5, 5.41) is 3.37. The highest BCUT2D eigenvalue weighted by molar-refractivity contribution is 4.96. The van der Waals surface area contributed by atoms with E-state index in [-0.39, 0.29) is 17.3 Å². The molecule has 94 valence electrons. The average Bonchev–Trinajstić information content (AvgIpc) is 2.36. The fourth-order valence-corrected chi connectivity index (χ4v) is 2.89.